The van der Waals surface area contributed by atoms with Crippen LogP contribution < -0.4 is 5.56 Å². The van der Waals surface area contributed by atoms with Crippen molar-refractivity contribution in [1.29, 1.82) is 0 Å². The average Bonchev–Trinajstić information content (AvgIpc) is 2.51. The largest absolute Gasteiger partial charge is 0.465 e. The van der Waals surface area contributed by atoms with Gasteiger partial charge in [0.25, 0.3) is 5.56 Å². The van der Waals surface area contributed by atoms with Gasteiger partial charge in [-0.2, -0.15) is 9.78 Å². The summed E-state index contributed by atoms with van der Waals surface area (Å²) in [5.74, 6) is -1.07. The minimum absolute atomic E-state index is 0.0250. The van der Waals surface area contributed by atoms with Crippen molar-refractivity contribution in [2.24, 2.45) is 0 Å². The van der Waals surface area contributed by atoms with Crippen LogP contribution in [0.25, 0.3) is 5.69 Å². The minimum atomic E-state index is -0.674. The van der Waals surface area contributed by atoms with E-state index in [1.54, 1.807) is 20.8 Å². The topological polar surface area (TPSA) is 61.2 Å². The first kappa shape index (κ1) is 18.5. The molecule has 0 radical (unpaired) electrons. The molecule has 128 valence electrons. The monoisotopic (exact) mass is 370 g/mol. The van der Waals surface area contributed by atoms with E-state index < -0.39 is 22.6 Å². The highest BCUT2D eigenvalue weighted by Gasteiger charge is 2.19. The van der Waals surface area contributed by atoms with Crippen LogP contribution in [0, 0.1) is 12.7 Å². The summed E-state index contributed by atoms with van der Waals surface area (Å²) in [5, 5.41) is 3.57. The summed E-state index contributed by atoms with van der Waals surface area (Å²) in [5.41, 5.74) is 0.199. The van der Waals surface area contributed by atoms with Gasteiger partial charge in [-0.1, -0.05) is 11.6 Å². The lowest BCUT2D eigenvalue weighted by Crippen LogP contribution is -2.21. The Morgan fingerprint density at radius 1 is 1.46 bits per heavy atom. The first-order valence-electron chi connectivity index (χ1n) is 7.22. The van der Waals surface area contributed by atoms with Gasteiger partial charge in [-0.05, 0) is 38.5 Å². The smallest absolute Gasteiger partial charge is 0.319 e. The Morgan fingerprint density at radius 2 is 2.17 bits per heavy atom. The molecule has 1 aromatic heterocycles. The predicted octanol–water partition coefficient (Wildman–Crippen LogP) is 3.38. The third-order valence-corrected chi connectivity index (χ3v) is 4.65. The van der Waals surface area contributed by atoms with E-state index in [1.165, 1.54) is 18.3 Å². The molecule has 8 heteroatoms. The van der Waals surface area contributed by atoms with Crippen molar-refractivity contribution < 1.29 is 13.9 Å². The quantitative estimate of drug-likeness (QED) is 0.596. The molecule has 5 nitrogen and oxygen atoms in total. The van der Waals surface area contributed by atoms with Gasteiger partial charge in [-0.3, -0.25) is 9.59 Å². The second-order valence-electron chi connectivity index (χ2n) is 5.03. The van der Waals surface area contributed by atoms with Gasteiger partial charge < -0.3 is 4.74 Å². The molecule has 0 bridgehead atoms. The second-order valence-corrected chi connectivity index (χ2v) is 6.82. The van der Waals surface area contributed by atoms with Crippen molar-refractivity contribution >= 4 is 29.3 Å². The Kier molecular flexibility index (Phi) is 6.01. The summed E-state index contributed by atoms with van der Waals surface area (Å²) in [6.07, 6.45) is 1.46. The summed E-state index contributed by atoms with van der Waals surface area (Å²) < 4.78 is 20.1. The summed E-state index contributed by atoms with van der Waals surface area (Å²) >= 11 is 7.19. The van der Waals surface area contributed by atoms with Crippen LogP contribution in [-0.4, -0.2) is 27.6 Å². The maximum Gasteiger partial charge on any atom is 0.319 e. The standard InChI is InChI=1S/C16H16ClFN2O3S/c1-4-23-16(22)10(3)24-14-7-13(12(18)6-11(14)17)20-15(21)5-9(2)8-19-20/h5-8,10H,4H2,1-3H3. The number of esters is 1. The molecule has 24 heavy (non-hydrogen) atoms. The molecule has 2 aromatic rings. The normalized spacial score (nSPS) is 12.0. The van der Waals surface area contributed by atoms with Crippen molar-refractivity contribution in [3.63, 3.8) is 0 Å². The average molecular weight is 371 g/mol. The minimum Gasteiger partial charge on any atom is -0.465 e. The number of carbonyl (C=O) groups is 1. The number of ether oxygens (including phenoxy) is 1. The van der Waals surface area contributed by atoms with Crippen molar-refractivity contribution in [1.82, 2.24) is 9.78 Å². The van der Waals surface area contributed by atoms with Crippen molar-refractivity contribution in [2.45, 2.75) is 30.9 Å². The molecule has 0 saturated carbocycles. The van der Waals surface area contributed by atoms with E-state index in [-0.39, 0.29) is 17.3 Å². The second kappa shape index (κ2) is 7.81. The zero-order chi connectivity index (χ0) is 17.9. The Bertz CT molecular complexity index is 825. The van der Waals surface area contributed by atoms with Crippen molar-refractivity contribution in [2.75, 3.05) is 6.61 Å². The molecule has 0 amide bonds. The zero-order valence-corrected chi connectivity index (χ0v) is 14.9. The van der Waals surface area contributed by atoms with Crippen LogP contribution in [0.3, 0.4) is 0 Å². The number of hydrogen-bond donors (Lipinski definition) is 0. The van der Waals surface area contributed by atoms with Crippen LogP contribution in [0.1, 0.15) is 19.4 Å². The molecule has 0 aliphatic carbocycles. The molecular weight excluding hydrogens is 355 g/mol. The molecule has 1 heterocycles. The highest BCUT2D eigenvalue weighted by Crippen LogP contribution is 2.33. The molecule has 1 unspecified atom stereocenters. The number of thioether (sulfide) groups is 1. The fourth-order valence-corrected chi connectivity index (χ4v) is 3.13. The van der Waals surface area contributed by atoms with Gasteiger partial charge in [0.2, 0.25) is 0 Å². The van der Waals surface area contributed by atoms with Crippen LogP contribution in [0.2, 0.25) is 5.02 Å². The SMILES string of the molecule is CCOC(=O)C(C)Sc1cc(-n2ncc(C)cc2=O)c(F)cc1Cl. The lowest BCUT2D eigenvalue weighted by molar-refractivity contribution is -0.142. The van der Waals surface area contributed by atoms with Gasteiger partial charge in [-0.15, -0.1) is 11.8 Å². The molecule has 1 aromatic carbocycles. The van der Waals surface area contributed by atoms with Gasteiger partial charge in [0, 0.05) is 11.0 Å². The molecule has 0 N–H and O–H groups in total. The number of aryl methyl sites for hydroxylation is 1. The summed E-state index contributed by atoms with van der Waals surface area (Å²) in [4.78, 5) is 24.2. The van der Waals surface area contributed by atoms with Crippen LogP contribution in [0.15, 0.2) is 34.1 Å². The number of nitrogens with zero attached hydrogens (tertiary/aromatic N) is 2. The van der Waals surface area contributed by atoms with E-state index in [0.717, 1.165) is 22.5 Å². The molecule has 0 fully saturated rings. The predicted molar refractivity (Wildman–Crippen MR) is 91.5 cm³/mol. The zero-order valence-electron chi connectivity index (χ0n) is 13.4. The highest BCUT2D eigenvalue weighted by atomic mass is 35.5. The van der Waals surface area contributed by atoms with Gasteiger partial charge in [-0.25, -0.2) is 4.39 Å². The van der Waals surface area contributed by atoms with E-state index >= 15 is 0 Å². The van der Waals surface area contributed by atoms with Crippen LogP contribution >= 0.6 is 23.4 Å². The van der Waals surface area contributed by atoms with Crippen LogP contribution in [-0.2, 0) is 9.53 Å². The lowest BCUT2D eigenvalue weighted by Gasteiger charge is -2.13. The van der Waals surface area contributed by atoms with Crippen molar-refractivity contribution in [3.05, 3.63) is 51.2 Å². The number of rotatable bonds is 5. The number of aromatic nitrogens is 2. The summed E-state index contributed by atoms with van der Waals surface area (Å²) in [6, 6.07) is 3.86. The van der Waals surface area contributed by atoms with Crippen LogP contribution in [0.5, 0.6) is 0 Å². The Labute approximate surface area is 147 Å². The molecule has 0 aliphatic rings. The molecule has 2 rings (SSSR count). The van der Waals surface area contributed by atoms with Gasteiger partial charge in [0.15, 0.2) is 5.82 Å². The third kappa shape index (κ3) is 4.15. The highest BCUT2D eigenvalue weighted by molar-refractivity contribution is 8.00. The van der Waals surface area contributed by atoms with Gasteiger partial charge in [0.1, 0.15) is 10.9 Å². The number of benzene rings is 1. The molecule has 0 spiro atoms. The third-order valence-electron chi connectivity index (χ3n) is 3.09. The first-order chi connectivity index (χ1) is 11.3. The Hall–Kier alpha value is -1.86. The maximum atomic E-state index is 14.2. The maximum absolute atomic E-state index is 14.2. The molecule has 0 saturated heterocycles. The fraction of sp³-hybridized carbons (Fsp3) is 0.312. The fourth-order valence-electron chi connectivity index (χ4n) is 1.95. The Balaban J connectivity index is 2.41. The van der Waals surface area contributed by atoms with E-state index in [1.807, 2.05) is 0 Å². The molecular formula is C16H16ClFN2O3S. The van der Waals surface area contributed by atoms with Crippen LogP contribution in [0.4, 0.5) is 4.39 Å². The van der Waals surface area contributed by atoms with E-state index in [0.29, 0.717) is 10.5 Å². The van der Waals surface area contributed by atoms with Gasteiger partial charge in [0.05, 0.1) is 17.8 Å². The number of halogens is 2. The van der Waals surface area contributed by atoms with E-state index in [2.05, 4.69) is 5.10 Å². The summed E-state index contributed by atoms with van der Waals surface area (Å²) in [6.45, 7) is 5.38. The number of hydrogen-bond acceptors (Lipinski definition) is 5. The first-order valence-corrected chi connectivity index (χ1v) is 8.48. The van der Waals surface area contributed by atoms with E-state index in [9.17, 15) is 14.0 Å². The van der Waals surface area contributed by atoms with Crippen molar-refractivity contribution in [3.8, 4) is 5.69 Å². The van der Waals surface area contributed by atoms with Gasteiger partial charge >= 0.3 is 5.97 Å². The van der Waals surface area contributed by atoms with E-state index in [4.69, 9.17) is 16.3 Å². The molecule has 0 aliphatic heterocycles. The molecule has 1 atom stereocenters. The summed E-state index contributed by atoms with van der Waals surface area (Å²) in [7, 11) is 0. The number of carbonyl (C=O) groups excluding carboxylic acids is 1. The lowest BCUT2D eigenvalue weighted by atomic mass is 10.3. The Morgan fingerprint density at radius 3 is 2.79 bits per heavy atom.